The summed E-state index contributed by atoms with van der Waals surface area (Å²) in [5.41, 5.74) is 2.33. The van der Waals surface area contributed by atoms with E-state index in [2.05, 4.69) is 28.6 Å². The van der Waals surface area contributed by atoms with Crippen molar-refractivity contribution >= 4 is 22.6 Å². The molecule has 1 heterocycles. The van der Waals surface area contributed by atoms with Crippen LogP contribution < -0.4 is 4.90 Å². The van der Waals surface area contributed by atoms with Gasteiger partial charge in [0.1, 0.15) is 5.82 Å². The van der Waals surface area contributed by atoms with E-state index in [9.17, 15) is 4.79 Å². The molecule has 28 heavy (non-hydrogen) atoms. The van der Waals surface area contributed by atoms with Gasteiger partial charge in [0.15, 0.2) is 0 Å². The Hall–Kier alpha value is -2.73. The lowest BCUT2D eigenvalue weighted by Gasteiger charge is -2.25. The summed E-state index contributed by atoms with van der Waals surface area (Å²) in [5, 5.41) is 0.787. The minimum Gasteiger partial charge on any atom is -0.342 e. The van der Waals surface area contributed by atoms with E-state index in [1.165, 1.54) is 17.1 Å². The third kappa shape index (κ3) is 5.39. The van der Waals surface area contributed by atoms with Gasteiger partial charge >= 0.3 is 0 Å². The molecule has 3 aromatic rings. The largest absolute Gasteiger partial charge is 0.342 e. The predicted octanol–water partition coefficient (Wildman–Crippen LogP) is 4.00. The van der Waals surface area contributed by atoms with Crippen molar-refractivity contribution in [1.82, 2.24) is 14.3 Å². The molecule has 0 bridgehead atoms. The molecule has 0 aliphatic heterocycles. The molecule has 0 radical (unpaired) electrons. The van der Waals surface area contributed by atoms with Gasteiger partial charge in [-0.3, -0.25) is 4.79 Å². The Balaban J connectivity index is 1.78. The molecule has 1 aromatic heterocycles. The molecule has 0 saturated heterocycles. The van der Waals surface area contributed by atoms with E-state index in [4.69, 9.17) is 4.98 Å². The number of hydrogen-bond acceptors (Lipinski definition) is 5. The van der Waals surface area contributed by atoms with Crippen molar-refractivity contribution in [3.8, 4) is 0 Å². The number of rotatable bonds is 9. The Kier molecular flexibility index (Phi) is 7.14. The molecule has 0 aliphatic rings. The first-order valence-electron chi connectivity index (χ1n) is 9.62. The number of benzene rings is 2. The van der Waals surface area contributed by atoms with Crippen LogP contribution in [0.4, 0.5) is 5.13 Å². The molecule has 0 spiro atoms. The first kappa shape index (κ1) is 20.0. The summed E-state index contributed by atoms with van der Waals surface area (Å²) in [6, 6.07) is 20.4. The lowest BCUT2D eigenvalue weighted by atomic mass is 10.1. The molecule has 3 rings (SSSR count). The average Bonchev–Trinajstić information content (AvgIpc) is 3.18. The highest BCUT2D eigenvalue weighted by Gasteiger charge is 2.19. The SMILES string of the molecule is CCN(CC)C(=O)CN(Cc1ccccc1)c1nc(Cc2ccccc2)ns1. The predicted molar refractivity (Wildman–Crippen MR) is 115 cm³/mol. The van der Waals surface area contributed by atoms with E-state index in [0.717, 1.165) is 16.5 Å². The number of amides is 1. The number of carbonyl (C=O) groups excluding carboxylic acids is 1. The fourth-order valence-corrected chi connectivity index (χ4v) is 3.74. The summed E-state index contributed by atoms with van der Waals surface area (Å²) in [5.74, 6) is 0.903. The van der Waals surface area contributed by atoms with Crippen molar-refractivity contribution < 1.29 is 4.79 Å². The summed E-state index contributed by atoms with van der Waals surface area (Å²) >= 11 is 1.36. The second-order valence-electron chi connectivity index (χ2n) is 6.56. The second-order valence-corrected chi connectivity index (χ2v) is 7.29. The maximum absolute atomic E-state index is 12.7. The van der Waals surface area contributed by atoms with Crippen molar-refractivity contribution in [3.63, 3.8) is 0 Å². The van der Waals surface area contributed by atoms with Crippen LogP contribution in [-0.4, -0.2) is 39.8 Å². The zero-order chi connectivity index (χ0) is 19.8. The van der Waals surface area contributed by atoms with Gasteiger partial charge in [-0.25, -0.2) is 4.98 Å². The van der Waals surface area contributed by atoms with Crippen molar-refractivity contribution in [2.75, 3.05) is 24.5 Å². The standard InChI is InChI=1S/C22H26N4OS/c1-3-25(4-2)21(27)17-26(16-19-13-9-6-10-14-19)22-23-20(24-28-22)15-18-11-7-5-8-12-18/h5-14H,3-4,15-17H2,1-2H3. The monoisotopic (exact) mass is 394 g/mol. The molecule has 146 valence electrons. The normalized spacial score (nSPS) is 10.6. The van der Waals surface area contributed by atoms with Crippen LogP contribution in [0.3, 0.4) is 0 Å². The molecule has 5 nitrogen and oxygen atoms in total. The zero-order valence-corrected chi connectivity index (χ0v) is 17.2. The van der Waals surface area contributed by atoms with E-state index < -0.39 is 0 Å². The molecule has 0 aliphatic carbocycles. The van der Waals surface area contributed by atoms with Crippen LogP contribution in [0.25, 0.3) is 0 Å². The molecular formula is C22H26N4OS. The van der Waals surface area contributed by atoms with Crippen molar-refractivity contribution in [3.05, 3.63) is 77.6 Å². The van der Waals surface area contributed by atoms with Gasteiger partial charge in [0.05, 0.1) is 6.54 Å². The average molecular weight is 395 g/mol. The van der Waals surface area contributed by atoms with Crippen LogP contribution in [0.2, 0.25) is 0 Å². The number of anilines is 1. The van der Waals surface area contributed by atoms with E-state index in [1.807, 2.05) is 60.0 Å². The zero-order valence-electron chi connectivity index (χ0n) is 16.4. The summed E-state index contributed by atoms with van der Waals surface area (Å²) < 4.78 is 4.53. The van der Waals surface area contributed by atoms with Crippen LogP contribution >= 0.6 is 11.5 Å². The van der Waals surface area contributed by atoms with Crippen LogP contribution in [0, 0.1) is 0 Å². The first-order valence-corrected chi connectivity index (χ1v) is 10.4. The molecule has 1 amide bonds. The van der Waals surface area contributed by atoms with Crippen LogP contribution in [0.15, 0.2) is 60.7 Å². The molecule has 0 unspecified atom stereocenters. The van der Waals surface area contributed by atoms with Gasteiger partial charge in [-0.15, -0.1) is 0 Å². The Morgan fingerprint density at radius 3 is 2.14 bits per heavy atom. The molecular weight excluding hydrogens is 368 g/mol. The number of carbonyl (C=O) groups is 1. The van der Waals surface area contributed by atoms with Gasteiger partial charge in [-0.05, 0) is 25.0 Å². The number of nitrogens with zero attached hydrogens (tertiary/aromatic N) is 4. The number of hydrogen-bond donors (Lipinski definition) is 0. The molecule has 2 aromatic carbocycles. The molecule has 0 N–H and O–H groups in total. The maximum Gasteiger partial charge on any atom is 0.242 e. The lowest BCUT2D eigenvalue weighted by molar-refractivity contribution is -0.129. The Bertz CT molecular complexity index is 863. The number of aromatic nitrogens is 2. The summed E-state index contributed by atoms with van der Waals surface area (Å²) in [4.78, 5) is 21.3. The Morgan fingerprint density at radius 1 is 0.929 bits per heavy atom. The van der Waals surface area contributed by atoms with Gasteiger partial charge in [0.25, 0.3) is 0 Å². The third-order valence-electron chi connectivity index (χ3n) is 4.59. The van der Waals surface area contributed by atoms with Crippen LogP contribution in [0.5, 0.6) is 0 Å². The van der Waals surface area contributed by atoms with Crippen molar-refractivity contribution in [2.45, 2.75) is 26.8 Å². The van der Waals surface area contributed by atoms with E-state index >= 15 is 0 Å². The molecule has 0 atom stereocenters. The summed E-state index contributed by atoms with van der Waals surface area (Å²) in [6.07, 6.45) is 0.695. The van der Waals surface area contributed by atoms with Crippen molar-refractivity contribution in [2.24, 2.45) is 0 Å². The minimum atomic E-state index is 0.112. The fourth-order valence-electron chi connectivity index (χ4n) is 3.06. The van der Waals surface area contributed by atoms with Gasteiger partial charge in [0.2, 0.25) is 11.0 Å². The topological polar surface area (TPSA) is 49.3 Å². The van der Waals surface area contributed by atoms with Gasteiger partial charge in [-0.1, -0.05) is 60.7 Å². The molecule has 0 fully saturated rings. The highest BCUT2D eigenvalue weighted by Crippen LogP contribution is 2.21. The Morgan fingerprint density at radius 2 is 1.54 bits per heavy atom. The Labute approximate surface area is 170 Å². The first-order chi connectivity index (χ1) is 13.7. The molecule has 6 heteroatoms. The fraction of sp³-hybridized carbons (Fsp3) is 0.318. The second kappa shape index (κ2) is 9.99. The third-order valence-corrected chi connectivity index (χ3v) is 5.41. The van der Waals surface area contributed by atoms with Gasteiger partial charge in [-0.2, -0.15) is 4.37 Å². The van der Waals surface area contributed by atoms with Crippen LogP contribution in [0.1, 0.15) is 30.8 Å². The quantitative estimate of drug-likeness (QED) is 0.550. The maximum atomic E-state index is 12.7. The smallest absolute Gasteiger partial charge is 0.242 e. The minimum absolute atomic E-state index is 0.112. The highest BCUT2D eigenvalue weighted by molar-refractivity contribution is 7.09. The van der Waals surface area contributed by atoms with E-state index in [1.54, 1.807) is 0 Å². The van der Waals surface area contributed by atoms with Crippen LogP contribution in [-0.2, 0) is 17.8 Å². The summed E-state index contributed by atoms with van der Waals surface area (Å²) in [7, 11) is 0. The van der Waals surface area contributed by atoms with Gasteiger partial charge < -0.3 is 9.80 Å². The van der Waals surface area contributed by atoms with Gasteiger partial charge in [0, 0.05) is 37.6 Å². The van der Waals surface area contributed by atoms with E-state index in [0.29, 0.717) is 32.6 Å². The highest BCUT2D eigenvalue weighted by atomic mass is 32.1. The molecule has 0 saturated carbocycles. The summed E-state index contributed by atoms with van der Waals surface area (Å²) in [6.45, 7) is 6.37. The van der Waals surface area contributed by atoms with E-state index in [-0.39, 0.29) is 5.91 Å². The lowest BCUT2D eigenvalue weighted by Crippen LogP contribution is -2.40. The van der Waals surface area contributed by atoms with Crippen molar-refractivity contribution in [1.29, 1.82) is 0 Å². The number of likely N-dealkylation sites (N-methyl/N-ethyl adjacent to an activating group) is 1.